The first-order chi connectivity index (χ1) is 8.99. The van der Waals surface area contributed by atoms with E-state index < -0.39 is 0 Å². The van der Waals surface area contributed by atoms with Crippen molar-refractivity contribution in [1.29, 1.82) is 0 Å². The number of halogens is 1. The van der Waals surface area contributed by atoms with E-state index in [1.54, 1.807) is 0 Å². The van der Waals surface area contributed by atoms with Gasteiger partial charge >= 0.3 is 0 Å². The molecule has 19 heavy (non-hydrogen) atoms. The second kappa shape index (κ2) is 6.09. The molecule has 0 spiro atoms. The molecule has 0 radical (unpaired) electrons. The highest BCUT2D eigenvalue weighted by Crippen LogP contribution is 2.21. The van der Waals surface area contributed by atoms with Crippen molar-refractivity contribution in [1.82, 2.24) is 14.4 Å². The molecule has 0 saturated carbocycles. The fourth-order valence-corrected chi connectivity index (χ4v) is 2.89. The summed E-state index contributed by atoms with van der Waals surface area (Å²) in [6, 6.07) is 2.22. The third-order valence-corrected chi connectivity index (χ3v) is 4.03. The number of likely N-dealkylation sites (N-methyl/N-ethyl adjacent to an activating group) is 1. The van der Waals surface area contributed by atoms with Crippen LogP contribution in [-0.4, -0.2) is 53.5 Å². The summed E-state index contributed by atoms with van der Waals surface area (Å²) in [5.41, 5.74) is 0.784. The third kappa shape index (κ3) is 3.39. The van der Waals surface area contributed by atoms with Crippen molar-refractivity contribution in [3.05, 3.63) is 22.4 Å². The minimum atomic E-state index is 0.148. The average molecular weight is 328 g/mol. The third-order valence-electron chi connectivity index (χ3n) is 3.60. The highest BCUT2D eigenvalue weighted by atomic mass is 79.9. The number of amides is 1. The maximum Gasteiger partial charge on any atom is 0.270 e. The lowest BCUT2D eigenvalue weighted by atomic mass is 10.3. The molecular formula is C14H22BrN3O. The summed E-state index contributed by atoms with van der Waals surface area (Å²) < 4.78 is 3.01. The average Bonchev–Trinajstić information content (AvgIpc) is 2.61. The van der Waals surface area contributed by atoms with E-state index in [0.29, 0.717) is 6.04 Å². The zero-order valence-electron chi connectivity index (χ0n) is 11.9. The zero-order valence-corrected chi connectivity index (χ0v) is 13.5. The van der Waals surface area contributed by atoms with Gasteiger partial charge in [-0.3, -0.25) is 4.79 Å². The van der Waals surface area contributed by atoms with Gasteiger partial charge in [-0.1, -0.05) is 0 Å². The molecule has 106 valence electrons. The molecule has 0 aromatic carbocycles. The van der Waals surface area contributed by atoms with E-state index in [2.05, 4.69) is 41.7 Å². The Hall–Kier alpha value is -0.810. The van der Waals surface area contributed by atoms with E-state index in [0.717, 1.165) is 42.8 Å². The first-order valence-corrected chi connectivity index (χ1v) is 7.63. The summed E-state index contributed by atoms with van der Waals surface area (Å²) in [5, 5.41) is 0. The maximum absolute atomic E-state index is 12.7. The first-order valence-electron chi connectivity index (χ1n) is 6.84. The van der Waals surface area contributed by atoms with Gasteiger partial charge in [0.15, 0.2) is 0 Å². The standard InChI is InChI=1S/C14H22BrN3O/c1-11(2)18-10-12(15)9-13(18)14(19)17-6-4-5-16(3)7-8-17/h9-11H,4-8H2,1-3H3. The Kier molecular flexibility index (Phi) is 4.68. The molecule has 0 unspecified atom stereocenters. The van der Waals surface area contributed by atoms with Crippen LogP contribution in [0.25, 0.3) is 0 Å². The number of aromatic nitrogens is 1. The summed E-state index contributed by atoms with van der Waals surface area (Å²) in [6.45, 7) is 7.88. The molecule has 4 nitrogen and oxygen atoms in total. The normalized spacial score (nSPS) is 17.8. The minimum absolute atomic E-state index is 0.148. The Bertz CT molecular complexity index is 456. The van der Waals surface area contributed by atoms with Crippen LogP contribution in [0.5, 0.6) is 0 Å². The van der Waals surface area contributed by atoms with Gasteiger partial charge in [0.1, 0.15) is 5.69 Å². The van der Waals surface area contributed by atoms with Gasteiger partial charge in [-0.25, -0.2) is 0 Å². The predicted octanol–water partition coefficient (Wildman–Crippen LogP) is 2.61. The zero-order chi connectivity index (χ0) is 14.0. The van der Waals surface area contributed by atoms with Gasteiger partial charge in [0.25, 0.3) is 5.91 Å². The van der Waals surface area contributed by atoms with Crippen LogP contribution >= 0.6 is 15.9 Å². The molecule has 0 aliphatic carbocycles. The molecule has 2 rings (SSSR count). The van der Waals surface area contributed by atoms with Gasteiger partial charge in [-0.2, -0.15) is 0 Å². The second-order valence-electron chi connectivity index (χ2n) is 5.49. The van der Waals surface area contributed by atoms with Crippen LogP contribution in [0.15, 0.2) is 16.7 Å². The molecule has 1 aromatic rings. The van der Waals surface area contributed by atoms with Crippen LogP contribution in [0, 0.1) is 0 Å². The lowest BCUT2D eigenvalue weighted by molar-refractivity contribution is 0.0750. The quantitative estimate of drug-likeness (QED) is 0.835. The molecule has 0 bridgehead atoms. The summed E-state index contributed by atoms with van der Waals surface area (Å²) >= 11 is 3.47. The first kappa shape index (κ1) is 14.6. The van der Waals surface area contributed by atoms with Crippen LogP contribution in [0.3, 0.4) is 0 Å². The van der Waals surface area contributed by atoms with Crippen LogP contribution in [0.4, 0.5) is 0 Å². The van der Waals surface area contributed by atoms with Gasteiger partial charge in [-0.15, -0.1) is 0 Å². The predicted molar refractivity (Wildman–Crippen MR) is 80.5 cm³/mol. The minimum Gasteiger partial charge on any atom is -0.340 e. The fraction of sp³-hybridized carbons (Fsp3) is 0.643. The summed E-state index contributed by atoms with van der Waals surface area (Å²) in [7, 11) is 2.11. The van der Waals surface area contributed by atoms with Gasteiger partial charge in [0.05, 0.1) is 0 Å². The molecule has 1 aromatic heterocycles. The summed E-state index contributed by atoms with van der Waals surface area (Å²) in [6.07, 6.45) is 3.04. The molecule has 1 amide bonds. The van der Waals surface area contributed by atoms with Crippen LogP contribution in [0.2, 0.25) is 0 Å². The fourth-order valence-electron chi connectivity index (χ4n) is 2.46. The lowest BCUT2D eigenvalue weighted by Gasteiger charge is -2.22. The largest absolute Gasteiger partial charge is 0.340 e. The number of rotatable bonds is 2. The Morgan fingerprint density at radius 1 is 1.26 bits per heavy atom. The number of carbonyl (C=O) groups is 1. The van der Waals surface area contributed by atoms with Gasteiger partial charge in [0, 0.05) is 36.3 Å². The molecule has 1 saturated heterocycles. The molecule has 2 heterocycles. The van der Waals surface area contributed by atoms with E-state index in [-0.39, 0.29) is 5.91 Å². The number of carbonyl (C=O) groups excluding carboxylic acids is 1. The monoisotopic (exact) mass is 327 g/mol. The summed E-state index contributed by atoms with van der Waals surface area (Å²) in [4.78, 5) is 16.9. The maximum atomic E-state index is 12.7. The number of hydrogen-bond acceptors (Lipinski definition) is 2. The molecule has 1 aliphatic heterocycles. The van der Waals surface area contributed by atoms with Crippen molar-refractivity contribution >= 4 is 21.8 Å². The SMILES string of the molecule is CC(C)n1cc(Br)cc1C(=O)N1CCCN(C)CC1. The summed E-state index contributed by atoms with van der Waals surface area (Å²) in [5.74, 6) is 0.148. The highest BCUT2D eigenvalue weighted by Gasteiger charge is 2.22. The van der Waals surface area contributed by atoms with E-state index in [4.69, 9.17) is 0 Å². The molecule has 5 heteroatoms. The van der Waals surface area contributed by atoms with E-state index in [1.807, 2.05) is 21.7 Å². The number of nitrogens with zero attached hydrogens (tertiary/aromatic N) is 3. The smallest absolute Gasteiger partial charge is 0.270 e. The van der Waals surface area contributed by atoms with Gasteiger partial charge in [0.2, 0.25) is 0 Å². The Balaban J connectivity index is 2.19. The van der Waals surface area contributed by atoms with Gasteiger partial charge < -0.3 is 14.4 Å². The Labute approximate surface area is 123 Å². The number of hydrogen-bond donors (Lipinski definition) is 0. The van der Waals surface area contributed by atoms with Crippen LogP contribution in [-0.2, 0) is 0 Å². The molecule has 1 fully saturated rings. The van der Waals surface area contributed by atoms with Gasteiger partial charge in [-0.05, 0) is 55.9 Å². The van der Waals surface area contributed by atoms with Crippen molar-refractivity contribution in [2.75, 3.05) is 33.2 Å². The van der Waals surface area contributed by atoms with Crippen molar-refractivity contribution < 1.29 is 4.79 Å². The molecular weight excluding hydrogens is 306 g/mol. The van der Waals surface area contributed by atoms with Crippen molar-refractivity contribution in [3.8, 4) is 0 Å². The van der Waals surface area contributed by atoms with Crippen LogP contribution < -0.4 is 0 Å². The Morgan fingerprint density at radius 3 is 2.68 bits per heavy atom. The van der Waals surface area contributed by atoms with E-state index in [9.17, 15) is 4.79 Å². The van der Waals surface area contributed by atoms with Crippen molar-refractivity contribution in [2.24, 2.45) is 0 Å². The molecule has 1 aliphatic rings. The van der Waals surface area contributed by atoms with Crippen molar-refractivity contribution in [2.45, 2.75) is 26.3 Å². The van der Waals surface area contributed by atoms with Crippen molar-refractivity contribution in [3.63, 3.8) is 0 Å². The van der Waals surface area contributed by atoms with E-state index >= 15 is 0 Å². The second-order valence-corrected chi connectivity index (χ2v) is 6.41. The lowest BCUT2D eigenvalue weighted by Crippen LogP contribution is -2.35. The Morgan fingerprint density at radius 2 is 2.00 bits per heavy atom. The highest BCUT2D eigenvalue weighted by molar-refractivity contribution is 9.10. The topological polar surface area (TPSA) is 28.5 Å². The van der Waals surface area contributed by atoms with Crippen LogP contribution in [0.1, 0.15) is 36.8 Å². The molecule has 0 atom stereocenters. The molecule has 0 N–H and O–H groups in total. The van der Waals surface area contributed by atoms with E-state index in [1.165, 1.54) is 0 Å².